The number of fused-ring (bicyclic) bond motifs is 1. The Kier molecular flexibility index (Phi) is 7.10. The number of carboxylic acid groups (broad SMARTS) is 1. The van der Waals surface area contributed by atoms with Crippen LogP contribution in [-0.2, 0) is 14.6 Å². The lowest BCUT2D eigenvalue weighted by atomic mass is 9.93. The zero-order chi connectivity index (χ0) is 26.1. The monoisotopic (exact) mass is 528 g/mol. The summed E-state index contributed by atoms with van der Waals surface area (Å²) < 4.78 is 51.2. The molecular weight excluding hydrogens is 506 g/mol. The molecule has 4 aromatic rings. The smallest absolute Gasteiger partial charge is 0.393 e. The lowest BCUT2D eigenvalue weighted by Gasteiger charge is -2.15. The number of carboxylic acids is 1. The first kappa shape index (κ1) is 25.7. The van der Waals surface area contributed by atoms with Crippen LogP contribution in [-0.4, -0.2) is 46.7 Å². The van der Waals surface area contributed by atoms with Crippen molar-refractivity contribution in [2.75, 3.05) is 12.0 Å². The lowest BCUT2D eigenvalue weighted by Crippen LogP contribution is -2.23. The Hall–Kier alpha value is -3.37. The highest BCUT2D eigenvalue weighted by molar-refractivity contribution is 8.01. The number of halogens is 2. The van der Waals surface area contributed by atoms with Gasteiger partial charge in [-0.25, -0.2) is 13.2 Å². The number of thioether (sulfide) groups is 1. The summed E-state index contributed by atoms with van der Waals surface area (Å²) in [6.07, 6.45) is 5.60. The molecule has 36 heavy (non-hydrogen) atoms. The molecule has 2 aromatic carbocycles. The van der Waals surface area contributed by atoms with Crippen molar-refractivity contribution in [3.63, 3.8) is 0 Å². The van der Waals surface area contributed by atoms with Crippen LogP contribution in [0.5, 0.6) is 0 Å². The van der Waals surface area contributed by atoms with E-state index >= 15 is 0 Å². The maximum absolute atomic E-state index is 13.7. The number of aliphatic carboxylic acids is 1. The van der Waals surface area contributed by atoms with E-state index in [1.54, 1.807) is 12.3 Å². The first-order chi connectivity index (χ1) is 16.9. The van der Waals surface area contributed by atoms with Gasteiger partial charge in [0, 0.05) is 46.3 Å². The van der Waals surface area contributed by atoms with Crippen molar-refractivity contribution in [3.05, 3.63) is 78.8 Å². The average Bonchev–Trinajstić information content (AvgIpc) is 2.82. The lowest BCUT2D eigenvalue weighted by molar-refractivity contribution is -0.152. The number of nitrogens with zero attached hydrogens (tertiary/aromatic N) is 2. The summed E-state index contributed by atoms with van der Waals surface area (Å²) in [7, 11) is -3.18. The summed E-state index contributed by atoms with van der Waals surface area (Å²) in [5, 5.41) is 5.62. The van der Waals surface area contributed by atoms with Crippen LogP contribution in [0, 0.1) is 0 Å². The number of hydrogen-bond acceptors (Lipinski definition) is 6. The molecule has 2 heterocycles. The molecule has 1 N–H and O–H groups in total. The maximum Gasteiger partial charge on any atom is 0.393 e. The van der Waals surface area contributed by atoms with Gasteiger partial charge in [0.25, 0.3) is 0 Å². The summed E-state index contributed by atoms with van der Waals surface area (Å²) in [5.74, 6) is -2.44. The van der Waals surface area contributed by atoms with Crippen LogP contribution in [0.25, 0.3) is 33.2 Å². The van der Waals surface area contributed by atoms with E-state index in [0.29, 0.717) is 11.1 Å². The maximum atomic E-state index is 13.7. The van der Waals surface area contributed by atoms with Gasteiger partial charge in [-0.2, -0.15) is 8.78 Å². The zero-order valence-electron chi connectivity index (χ0n) is 19.4. The minimum Gasteiger partial charge on any atom is -0.476 e. The van der Waals surface area contributed by atoms with Crippen LogP contribution in [0.3, 0.4) is 0 Å². The average molecular weight is 529 g/mol. The number of carbonyl (C=O) groups is 1. The Labute approximate surface area is 211 Å². The van der Waals surface area contributed by atoms with Crippen LogP contribution in [0.4, 0.5) is 8.78 Å². The van der Waals surface area contributed by atoms with E-state index in [1.165, 1.54) is 24.7 Å². The van der Waals surface area contributed by atoms with Gasteiger partial charge < -0.3 is 5.11 Å². The molecule has 0 aliphatic carbocycles. The summed E-state index contributed by atoms with van der Waals surface area (Å²) in [6.45, 7) is 1.86. The van der Waals surface area contributed by atoms with Crippen molar-refractivity contribution < 1.29 is 27.1 Å². The molecule has 4 rings (SSSR count). The molecular formula is C26H22F2N2O4S2. The minimum absolute atomic E-state index is 0.00928. The number of alkyl halides is 2. The molecule has 186 valence electrons. The molecule has 0 fully saturated rings. The molecule has 6 nitrogen and oxygen atoms in total. The van der Waals surface area contributed by atoms with Gasteiger partial charge in [-0.1, -0.05) is 31.2 Å². The second-order valence-corrected chi connectivity index (χ2v) is 11.9. The number of hydrogen-bond donors (Lipinski definition) is 1. The van der Waals surface area contributed by atoms with E-state index in [0.717, 1.165) is 27.6 Å². The fourth-order valence-corrected chi connectivity index (χ4v) is 5.74. The van der Waals surface area contributed by atoms with Crippen LogP contribution >= 0.6 is 11.8 Å². The van der Waals surface area contributed by atoms with Gasteiger partial charge >= 0.3 is 11.2 Å². The first-order valence-electron chi connectivity index (χ1n) is 10.9. The Morgan fingerprint density at radius 1 is 1.06 bits per heavy atom. The van der Waals surface area contributed by atoms with Crippen LogP contribution < -0.4 is 0 Å². The number of pyridine rings is 2. The van der Waals surface area contributed by atoms with E-state index in [4.69, 9.17) is 5.11 Å². The van der Waals surface area contributed by atoms with Crippen LogP contribution in [0.1, 0.15) is 18.4 Å². The molecule has 0 bridgehead atoms. The second-order valence-electron chi connectivity index (χ2n) is 8.55. The highest BCUT2D eigenvalue weighted by Crippen LogP contribution is 2.38. The number of sulfone groups is 1. The third-order valence-corrected chi connectivity index (χ3v) is 7.56. The van der Waals surface area contributed by atoms with Gasteiger partial charge in [0.2, 0.25) is 0 Å². The Morgan fingerprint density at radius 2 is 1.81 bits per heavy atom. The van der Waals surface area contributed by atoms with E-state index in [-0.39, 0.29) is 28.3 Å². The second kappa shape index (κ2) is 9.94. The van der Waals surface area contributed by atoms with Crippen molar-refractivity contribution >= 4 is 38.5 Å². The molecule has 2 aromatic heterocycles. The van der Waals surface area contributed by atoms with Crippen molar-refractivity contribution in [1.29, 1.82) is 0 Å². The summed E-state index contributed by atoms with van der Waals surface area (Å²) in [5.41, 5.74) is 4.45. The van der Waals surface area contributed by atoms with Crippen molar-refractivity contribution in [3.8, 4) is 22.3 Å². The predicted molar refractivity (Wildman–Crippen MR) is 137 cm³/mol. The highest BCUT2D eigenvalue weighted by atomic mass is 32.2. The van der Waals surface area contributed by atoms with Gasteiger partial charge in [0.1, 0.15) is 9.84 Å². The fourth-order valence-electron chi connectivity index (χ4n) is 3.96. The molecule has 10 heteroatoms. The Bertz CT molecular complexity index is 1560. The summed E-state index contributed by atoms with van der Waals surface area (Å²) in [4.78, 5) is 19.4. The number of rotatable bonds is 8. The van der Waals surface area contributed by atoms with E-state index in [9.17, 15) is 22.0 Å². The number of benzene rings is 2. The number of aromatic nitrogens is 2. The molecule has 0 saturated heterocycles. The molecule has 1 unspecified atom stereocenters. The normalized spacial score (nSPS) is 13.0. The van der Waals surface area contributed by atoms with E-state index in [2.05, 4.69) is 9.97 Å². The first-order valence-corrected chi connectivity index (χ1v) is 13.7. The van der Waals surface area contributed by atoms with Crippen molar-refractivity contribution in [1.82, 2.24) is 9.97 Å². The molecule has 0 amide bonds. The van der Waals surface area contributed by atoms with Crippen LogP contribution in [0.15, 0.2) is 78.1 Å². The molecule has 0 aliphatic heterocycles. The molecule has 0 radical (unpaired) electrons. The summed E-state index contributed by atoms with van der Waals surface area (Å²) >= 11 is -0.0796. The minimum atomic E-state index is -3.98. The fraction of sp³-hybridized carbons (Fsp3) is 0.192. The quantitative estimate of drug-likeness (QED) is 0.285. The van der Waals surface area contributed by atoms with Gasteiger partial charge in [-0.15, -0.1) is 0 Å². The summed E-state index contributed by atoms with van der Waals surface area (Å²) in [6, 6.07) is 16.5. The van der Waals surface area contributed by atoms with E-state index < -0.39 is 21.1 Å². The third-order valence-electron chi connectivity index (χ3n) is 5.56. The van der Waals surface area contributed by atoms with Gasteiger partial charge in [-0.3, -0.25) is 9.97 Å². The SMILES string of the molecule is CC(CS(C)(=O)=O)c1cc(-c2cccc(-c3cncc(SC(F)(F)C(=O)O)c3)c2)c2ncccc2c1. The topological polar surface area (TPSA) is 97.2 Å². The largest absolute Gasteiger partial charge is 0.476 e. The Morgan fingerprint density at radius 3 is 2.53 bits per heavy atom. The third kappa shape index (κ3) is 5.88. The van der Waals surface area contributed by atoms with Crippen molar-refractivity contribution in [2.45, 2.75) is 23.0 Å². The molecule has 1 atom stereocenters. The Balaban J connectivity index is 1.78. The van der Waals surface area contributed by atoms with Crippen LogP contribution in [0.2, 0.25) is 0 Å². The standard InChI is InChI=1S/C26H22F2N2O4S2/c1-16(15-36(2,33)34)20-10-19-7-4-8-30-24(19)23(12-20)18-6-3-5-17(9-18)21-11-22(14-29-13-21)35-26(27,28)25(31)32/h3-14,16H,15H2,1-2H3,(H,31,32). The zero-order valence-corrected chi connectivity index (χ0v) is 21.0. The van der Waals surface area contributed by atoms with Gasteiger partial charge in [-0.05, 0) is 64.7 Å². The van der Waals surface area contributed by atoms with E-state index in [1.807, 2.05) is 49.4 Å². The van der Waals surface area contributed by atoms with Gasteiger partial charge in [0.05, 0.1) is 11.3 Å². The van der Waals surface area contributed by atoms with Crippen molar-refractivity contribution in [2.24, 2.45) is 0 Å². The predicted octanol–water partition coefficient (Wildman–Crippen LogP) is 5.88. The van der Waals surface area contributed by atoms with Gasteiger partial charge in [0.15, 0.2) is 0 Å². The molecule has 0 spiro atoms. The molecule has 0 aliphatic rings. The molecule has 0 saturated carbocycles. The highest BCUT2D eigenvalue weighted by Gasteiger charge is 2.40.